The number of hydrogen-bond donors (Lipinski definition) is 2. The van der Waals surface area contributed by atoms with E-state index in [4.69, 9.17) is 0 Å². The van der Waals surface area contributed by atoms with Crippen LogP contribution < -0.4 is 10.6 Å². The summed E-state index contributed by atoms with van der Waals surface area (Å²) < 4.78 is 0. The van der Waals surface area contributed by atoms with E-state index in [-0.39, 0.29) is 5.41 Å². The third-order valence-corrected chi connectivity index (χ3v) is 4.78. The number of benzene rings is 1. The summed E-state index contributed by atoms with van der Waals surface area (Å²) in [5.74, 6) is -0.445. The fourth-order valence-electron chi connectivity index (χ4n) is 3.19. The summed E-state index contributed by atoms with van der Waals surface area (Å²) in [7, 11) is 0. The molecule has 0 saturated heterocycles. The Hall–Kier alpha value is -1.84. The SMILES string of the molecule is CC(C)(C)c1ccc(NC(=O)C(=O)NCCC2CCCCC2)cc1. The summed E-state index contributed by atoms with van der Waals surface area (Å²) >= 11 is 0. The second-order valence-electron chi connectivity index (χ2n) is 7.83. The van der Waals surface area contributed by atoms with E-state index >= 15 is 0 Å². The second kappa shape index (κ2) is 8.32. The first-order valence-corrected chi connectivity index (χ1v) is 9.06. The van der Waals surface area contributed by atoms with Gasteiger partial charge in [0.05, 0.1) is 0 Å². The molecule has 0 aliphatic heterocycles. The minimum atomic E-state index is -0.595. The highest BCUT2D eigenvalue weighted by Gasteiger charge is 2.17. The molecule has 4 heteroatoms. The van der Waals surface area contributed by atoms with Crippen molar-refractivity contribution in [1.29, 1.82) is 0 Å². The number of carbonyl (C=O) groups is 2. The van der Waals surface area contributed by atoms with Crippen molar-refractivity contribution in [3.8, 4) is 0 Å². The van der Waals surface area contributed by atoms with E-state index in [1.54, 1.807) is 0 Å². The smallest absolute Gasteiger partial charge is 0.313 e. The van der Waals surface area contributed by atoms with Gasteiger partial charge in [-0.2, -0.15) is 0 Å². The van der Waals surface area contributed by atoms with Crippen molar-refractivity contribution in [3.05, 3.63) is 29.8 Å². The average molecular weight is 330 g/mol. The molecule has 24 heavy (non-hydrogen) atoms. The van der Waals surface area contributed by atoms with Crippen LogP contribution in [-0.4, -0.2) is 18.4 Å². The Kier molecular flexibility index (Phi) is 6.41. The van der Waals surface area contributed by atoms with Crippen LogP contribution in [0.15, 0.2) is 24.3 Å². The van der Waals surface area contributed by atoms with Gasteiger partial charge in [-0.15, -0.1) is 0 Å². The minimum Gasteiger partial charge on any atom is -0.348 e. The van der Waals surface area contributed by atoms with Gasteiger partial charge in [-0.05, 0) is 35.4 Å². The zero-order chi connectivity index (χ0) is 17.6. The molecule has 0 heterocycles. The van der Waals surface area contributed by atoms with Crippen molar-refractivity contribution in [2.45, 2.75) is 64.7 Å². The molecule has 2 rings (SSSR count). The Morgan fingerprint density at radius 3 is 2.21 bits per heavy atom. The van der Waals surface area contributed by atoms with Gasteiger partial charge in [0.15, 0.2) is 0 Å². The normalized spacial score (nSPS) is 15.8. The maximum absolute atomic E-state index is 12.0. The first-order chi connectivity index (χ1) is 11.4. The van der Waals surface area contributed by atoms with Crippen molar-refractivity contribution < 1.29 is 9.59 Å². The average Bonchev–Trinajstić information content (AvgIpc) is 2.55. The van der Waals surface area contributed by atoms with Crippen LogP contribution in [0, 0.1) is 5.92 Å². The number of rotatable bonds is 4. The highest BCUT2D eigenvalue weighted by Crippen LogP contribution is 2.26. The molecule has 1 aliphatic carbocycles. The lowest BCUT2D eigenvalue weighted by molar-refractivity contribution is -0.136. The standard InChI is InChI=1S/C20H30N2O2/c1-20(2,3)16-9-11-17(12-10-16)22-19(24)18(23)21-14-13-15-7-5-4-6-8-15/h9-12,15H,4-8,13-14H2,1-3H3,(H,21,23)(H,22,24). The minimum absolute atomic E-state index is 0.0685. The highest BCUT2D eigenvalue weighted by molar-refractivity contribution is 6.39. The largest absolute Gasteiger partial charge is 0.348 e. The lowest BCUT2D eigenvalue weighted by atomic mass is 9.87. The van der Waals surface area contributed by atoms with E-state index in [2.05, 4.69) is 31.4 Å². The molecule has 4 nitrogen and oxygen atoms in total. The summed E-state index contributed by atoms with van der Waals surface area (Å²) in [6.07, 6.45) is 7.40. The Balaban J connectivity index is 1.75. The Morgan fingerprint density at radius 2 is 1.62 bits per heavy atom. The van der Waals surface area contributed by atoms with E-state index in [1.807, 2.05) is 24.3 Å². The fraction of sp³-hybridized carbons (Fsp3) is 0.600. The van der Waals surface area contributed by atoms with Gasteiger partial charge in [-0.25, -0.2) is 0 Å². The van der Waals surface area contributed by atoms with Crippen LogP contribution in [0.3, 0.4) is 0 Å². The van der Waals surface area contributed by atoms with Crippen LogP contribution in [-0.2, 0) is 15.0 Å². The summed E-state index contributed by atoms with van der Waals surface area (Å²) in [5, 5.41) is 5.39. The number of hydrogen-bond acceptors (Lipinski definition) is 2. The van der Waals surface area contributed by atoms with Crippen molar-refractivity contribution in [3.63, 3.8) is 0 Å². The van der Waals surface area contributed by atoms with E-state index in [1.165, 1.54) is 37.7 Å². The fourth-order valence-corrected chi connectivity index (χ4v) is 3.19. The predicted molar refractivity (Wildman–Crippen MR) is 98.0 cm³/mol. The second-order valence-corrected chi connectivity index (χ2v) is 7.83. The quantitative estimate of drug-likeness (QED) is 0.820. The van der Waals surface area contributed by atoms with Crippen molar-refractivity contribution >= 4 is 17.5 Å². The maximum atomic E-state index is 12.0. The molecule has 0 spiro atoms. The molecule has 1 aliphatic rings. The van der Waals surface area contributed by atoms with Gasteiger partial charge < -0.3 is 10.6 Å². The van der Waals surface area contributed by atoms with E-state index in [9.17, 15) is 9.59 Å². The van der Waals surface area contributed by atoms with E-state index in [0.29, 0.717) is 18.2 Å². The number of nitrogens with one attached hydrogen (secondary N) is 2. The van der Waals surface area contributed by atoms with Gasteiger partial charge in [0, 0.05) is 12.2 Å². The molecule has 2 amide bonds. The molecule has 1 saturated carbocycles. The highest BCUT2D eigenvalue weighted by atomic mass is 16.2. The molecule has 0 aromatic heterocycles. The molecular weight excluding hydrogens is 300 g/mol. The number of amides is 2. The molecule has 2 N–H and O–H groups in total. The molecular formula is C20H30N2O2. The van der Waals surface area contributed by atoms with Gasteiger partial charge >= 0.3 is 11.8 Å². The van der Waals surface area contributed by atoms with Gasteiger partial charge in [-0.1, -0.05) is 65.0 Å². The molecule has 1 fully saturated rings. The monoisotopic (exact) mass is 330 g/mol. The van der Waals surface area contributed by atoms with Crippen molar-refractivity contribution in [1.82, 2.24) is 5.32 Å². The third kappa shape index (κ3) is 5.66. The molecule has 132 valence electrons. The Labute approximate surface area is 145 Å². The molecule has 1 aromatic carbocycles. The summed E-state index contributed by atoms with van der Waals surface area (Å²) in [6.45, 7) is 7.00. The Morgan fingerprint density at radius 1 is 1.00 bits per heavy atom. The first-order valence-electron chi connectivity index (χ1n) is 9.06. The van der Waals surface area contributed by atoms with Crippen LogP contribution in [0.25, 0.3) is 0 Å². The summed E-state index contributed by atoms with van der Waals surface area (Å²) in [4.78, 5) is 23.8. The molecule has 0 atom stereocenters. The zero-order valence-electron chi connectivity index (χ0n) is 15.2. The lowest BCUT2D eigenvalue weighted by Gasteiger charge is -2.21. The van der Waals surface area contributed by atoms with Crippen LogP contribution in [0.5, 0.6) is 0 Å². The van der Waals surface area contributed by atoms with Crippen molar-refractivity contribution in [2.75, 3.05) is 11.9 Å². The van der Waals surface area contributed by atoms with Gasteiger partial charge in [-0.3, -0.25) is 9.59 Å². The third-order valence-electron chi connectivity index (χ3n) is 4.78. The van der Waals surface area contributed by atoms with Crippen LogP contribution in [0.4, 0.5) is 5.69 Å². The summed E-state index contributed by atoms with van der Waals surface area (Å²) in [5.41, 5.74) is 1.91. The van der Waals surface area contributed by atoms with Gasteiger partial charge in [0.2, 0.25) is 0 Å². The lowest BCUT2D eigenvalue weighted by Crippen LogP contribution is -2.36. The Bertz CT molecular complexity index is 552. The summed E-state index contributed by atoms with van der Waals surface area (Å²) in [6, 6.07) is 7.65. The molecule has 0 unspecified atom stereocenters. The molecule has 1 aromatic rings. The van der Waals surface area contributed by atoms with Gasteiger partial charge in [0.25, 0.3) is 0 Å². The van der Waals surface area contributed by atoms with E-state index < -0.39 is 11.8 Å². The maximum Gasteiger partial charge on any atom is 0.313 e. The van der Waals surface area contributed by atoms with Crippen LogP contribution >= 0.6 is 0 Å². The number of carbonyl (C=O) groups excluding carboxylic acids is 2. The first kappa shape index (κ1) is 18.5. The van der Waals surface area contributed by atoms with E-state index in [0.717, 1.165) is 6.42 Å². The topological polar surface area (TPSA) is 58.2 Å². The van der Waals surface area contributed by atoms with Crippen LogP contribution in [0.2, 0.25) is 0 Å². The van der Waals surface area contributed by atoms with Crippen LogP contribution in [0.1, 0.15) is 64.9 Å². The van der Waals surface area contributed by atoms with Gasteiger partial charge in [0.1, 0.15) is 0 Å². The molecule has 0 bridgehead atoms. The van der Waals surface area contributed by atoms with Crippen molar-refractivity contribution in [2.24, 2.45) is 5.92 Å². The number of anilines is 1. The molecule has 0 radical (unpaired) electrons. The zero-order valence-corrected chi connectivity index (χ0v) is 15.2. The predicted octanol–water partition coefficient (Wildman–Crippen LogP) is 4.01.